The molecule has 2 aliphatic rings. The Morgan fingerprint density at radius 1 is 1.17 bits per heavy atom. The molecule has 1 aromatic carbocycles. The van der Waals surface area contributed by atoms with Crippen molar-refractivity contribution in [1.82, 2.24) is 9.88 Å². The Labute approximate surface area is 142 Å². The molecule has 1 N–H and O–H groups in total. The summed E-state index contributed by atoms with van der Waals surface area (Å²) in [6, 6.07) is 9.90. The van der Waals surface area contributed by atoms with E-state index in [4.69, 9.17) is 0 Å². The number of phenolic OH excluding ortho intramolecular Hbond substituents is 1. The zero-order chi connectivity index (χ0) is 16.5. The highest BCUT2D eigenvalue weighted by Crippen LogP contribution is 2.39. The second-order valence-corrected chi connectivity index (χ2v) is 6.84. The molecule has 24 heavy (non-hydrogen) atoms. The fourth-order valence-electron chi connectivity index (χ4n) is 3.74. The molecule has 1 fully saturated rings. The summed E-state index contributed by atoms with van der Waals surface area (Å²) in [5.41, 5.74) is 3.10. The predicted octanol–water partition coefficient (Wildman–Crippen LogP) is 3.40. The van der Waals surface area contributed by atoms with Crippen LogP contribution >= 0.6 is 0 Å². The van der Waals surface area contributed by atoms with Crippen molar-refractivity contribution in [2.24, 2.45) is 0 Å². The van der Waals surface area contributed by atoms with Gasteiger partial charge in [0.15, 0.2) is 0 Å². The number of hydrogen-bond donors (Lipinski definition) is 1. The number of benzene rings is 1. The van der Waals surface area contributed by atoms with Crippen molar-refractivity contribution < 1.29 is 9.90 Å². The van der Waals surface area contributed by atoms with E-state index in [9.17, 15) is 9.90 Å². The average molecular weight is 322 g/mol. The van der Waals surface area contributed by atoms with Crippen LogP contribution in [-0.2, 0) is 17.8 Å². The molecule has 0 aliphatic heterocycles. The van der Waals surface area contributed by atoms with E-state index in [1.807, 2.05) is 29.2 Å². The Hall–Kier alpha value is -2.36. The Bertz CT molecular complexity index is 741. The fourth-order valence-corrected chi connectivity index (χ4v) is 3.74. The molecule has 1 atom stereocenters. The molecule has 0 saturated heterocycles. The van der Waals surface area contributed by atoms with Gasteiger partial charge in [-0.15, -0.1) is 0 Å². The number of rotatable bonds is 4. The van der Waals surface area contributed by atoms with E-state index in [2.05, 4.69) is 4.98 Å². The van der Waals surface area contributed by atoms with Crippen LogP contribution in [0.25, 0.3) is 0 Å². The molecule has 124 valence electrons. The third-order valence-corrected chi connectivity index (χ3v) is 5.15. The first-order chi connectivity index (χ1) is 11.7. The SMILES string of the molecule is O=C(C1CCCc2c(O)cccc21)N(Cc1ccncc1)C1CC1. The standard InChI is InChI=1S/C20H22N2O2/c23-19-6-2-3-16-17(19)4-1-5-18(16)20(24)22(15-7-8-15)13-14-9-11-21-12-10-14/h2-3,6,9-12,15,18,23H,1,4-5,7-8,13H2. The maximum absolute atomic E-state index is 13.3. The van der Waals surface area contributed by atoms with Gasteiger partial charge < -0.3 is 10.0 Å². The van der Waals surface area contributed by atoms with Crippen LogP contribution in [0.3, 0.4) is 0 Å². The molecule has 0 radical (unpaired) electrons. The lowest BCUT2D eigenvalue weighted by molar-refractivity contribution is -0.134. The largest absolute Gasteiger partial charge is 0.508 e. The topological polar surface area (TPSA) is 53.4 Å². The molecule has 1 aromatic heterocycles. The molecule has 4 heteroatoms. The number of amides is 1. The van der Waals surface area contributed by atoms with Crippen molar-refractivity contribution in [2.45, 2.75) is 50.6 Å². The van der Waals surface area contributed by atoms with Crippen LogP contribution in [0.5, 0.6) is 5.75 Å². The first-order valence-electron chi connectivity index (χ1n) is 8.74. The van der Waals surface area contributed by atoms with E-state index >= 15 is 0 Å². The van der Waals surface area contributed by atoms with Crippen molar-refractivity contribution in [3.63, 3.8) is 0 Å². The van der Waals surface area contributed by atoms with Gasteiger partial charge in [0.2, 0.25) is 5.91 Å². The van der Waals surface area contributed by atoms with Crippen LogP contribution in [-0.4, -0.2) is 26.9 Å². The predicted molar refractivity (Wildman–Crippen MR) is 91.6 cm³/mol. The summed E-state index contributed by atoms with van der Waals surface area (Å²) in [5.74, 6) is 0.418. The molecule has 1 unspecified atom stereocenters. The summed E-state index contributed by atoms with van der Waals surface area (Å²) >= 11 is 0. The van der Waals surface area contributed by atoms with Gasteiger partial charge in [-0.3, -0.25) is 9.78 Å². The fraction of sp³-hybridized carbons (Fsp3) is 0.400. The average Bonchev–Trinajstić information content (AvgIpc) is 3.45. The van der Waals surface area contributed by atoms with Gasteiger partial charge in [-0.25, -0.2) is 0 Å². The zero-order valence-corrected chi connectivity index (χ0v) is 13.7. The molecule has 1 saturated carbocycles. The Balaban J connectivity index is 1.61. The maximum Gasteiger partial charge on any atom is 0.230 e. The summed E-state index contributed by atoms with van der Waals surface area (Å²) in [4.78, 5) is 19.4. The summed E-state index contributed by atoms with van der Waals surface area (Å²) in [7, 11) is 0. The molecule has 4 nitrogen and oxygen atoms in total. The van der Waals surface area contributed by atoms with E-state index in [0.717, 1.165) is 48.8 Å². The Morgan fingerprint density at radius 3 is 2.71 bits per heavy atom. The smallest absolute Gasteiger partial charge is 0.230 e. The zero-order valence-electron chi connectivity index (χ0n) is 13.7. The third-order valence-electron chi connectivity index (χ3n) is 5.15. The number of phenols is 1. The van der Waals surface area contributed by atoms with Crippen LogP contribution in [0, 0.1) is 0 Å². The lowest BCUT2D eigenvalue weighted by atomic mass is 9.81. The molecule has 4 rings (SSSR count). The van der Waals surface area contributed by atoms with Crippen LogP contribution in [0.1, 0.15) is 48.3 Å². The summed E-state index contributed by atoms with van der Waals surface area (Å²) < 4.78 is 0. The highest BCUT2D eigenvalue weighted by molar-refractivity contribution is 5.85. The van der Waals surface area contributed by atoms with E-state index in [1.54, 1.807) is 18.5 Å². The minimum Gasteiger partial charge on any atom is -0.508 e. The molecule has 2 aromatic rings. The third kappa shape index (κ3) is 2.88. The van der Waals surface area contributed by atoms with Crippen molar-refractivity contribution in [3.05, 3.63) is 59.4 Å². The van der Waals surface area contributed by atoms with Crippen molar-refractivity contribution in [3.8, 4) is 5.75 Å². The van der Waals surface area contributed by atoms with Gasteiger partial charge >= 0.3 is 0 Å². The van der Waals surface area contributed by atoms with Gasteiger partial charge in [0, 0.05) is 25.0 Å². The number of hydrogen-bond acceptors (Lipinski definition) is 3. The van der Waals surface area contributed by atoms with E-state index in [0.29, 0.717) is 18.3 Å². The van der Waals surface area contributed by atoms with Crippen molar-refractivity contribution >= 4 is 5.91 Å². The summed E-state index contributed by atoms with van der Waals surface area (Å²) in [6.07, 6.45) is 8.42. The number of aromatic hydroxyl groups is 1. The van der Waals surface area contributed by atoms with Crippen LogP contribution in [0.15, 0.2) is 42.7 Å². The number of aromatic nitrogens is 1. The molecular weight excluding hydrogens is 300 g/mol. The number of carbonyl (C=O) groups excluding carboxylic acids is 1. The Morgan fingerprint density at radius 2 is 1.96 bits per heavy atom. The van der Waals surface area contributed by atoms with E-state index < -0.39 is 0 Å². The van der Waals surface area contributed by atoms with E-state index in [1.165, 1.54) is 0 Å². The van der Waals surface area contributed by atoms with Gasteiger partial charge in [0.25, 0.3) is 0 Å². The molecule has 1 amide bonds. The van der Waals surface area contributed by atoms with Crippen molar-refractivity contribution in [2.75, 3.05) is 0 Å². The number of carbonyl (C=O) groups is 1. The molecular formula is C20H22N2O2. The van der Waals surface area contributed by atoms with Gasteiger partial charge in [-0.1, -0.05) is 12.1 Å². The monoisotopic (exact) mass is 322 g/mol. The van der Waals surface area contributed by atoms with Crippen LogP contribution in [0.4, 0.5) is 0 Å². The van der Waals surface area contributed by atoms with Gasteiger partial charge in [-0.2, -0.15) is 0 Å². The number of nitrogens with zero attached hydrogens (tertiary/aromatic N) is 2. The molecule has 0 spiro atoms. The van der Waals surface area contributed by atoms with Crippen LogP contribution in [0.2, 0.25) is 0 Å². The van der Waals surface area contributed by atoms with Crippen molar-refractivity contribution in [1.29, 1.82) is 0 Å². The van der Waals surface area contributed by atoms with E-state index in [-0.39, 0.29) is 11.8 Å². The molecule has 2 aliphatic carbocycles. The van der Waals surface area contributed by atoms with Gasteiger partial charge in [0.05, 0.1) is 5.92 Å². The summed E-state index contributed by atoms with van der Waals surface area (Å²) in [5, 5.41) is 10.1. The normalized spacial score (nSPS) is 19.6. The maximum atomic E-state index is 13.3. The minimum atomic E-state index is -0.122. The lowest BCUT2D eigenvalue weighted by Gasteiger charge is -2.31. The second kappa shape index (κ2) is 6.27. The number of pyridine rings is 1. The highest BCUT2D eigenvalue weighted by atomic mass is 16.3. The second-order valence-electron chi connectivity index (χ2n) is 6.84. The first-order valence-corrected chi connectivity index (χ1v) is 8.74. The highest BCUT2D eigenvalue weighted by Gasteiger charge is 2.38. The quantitative estimate of drug-likeness (QED) is 0.938. The molecule has 1 heterocycles. The van der Waals surface area contributed by atoms with Gasteiger partial charge in [-0.05, 0) is 67.0 Å². The lowest BCUT2D eigenvalue weighted by Crippen LogP contribution is -2.37. The van der Waals surface area contributed by atoms with Crippen LogP contribution < -0.4 is 0 Å². The summed E-state index contributed by atoms with van der Waals surface area (Å²) in [6.45, 7) is 0.649. The van der Waals surface area contributed by atoms with Gasteiger partial charge in [0.1, 0.15) is 5.75 Å². The Kier molecular flexibility index (Phi) is 3.97. The molecule has 0 bridgehead atoms. The first kappa shape index (κ1) is 15.2. The number of fused-ring (bicyclic) bond motifs is 1. The minimum absolute atomic E-state index is 0.122.